The molecule has 2 atom stereocenters. The molecule has 150 valence electrons. The third-order valence-electron chi connectivity index (χ3n) is 4.47. The summed E-state index contributed by atoms with van der Waals surface area (Å²) >= 11 is 0. The second kappa shape index (κ2) is 13.1. The van der Waals surface area contributed by atoms with Crippen LogP contribution in [0.3, 0.4) is 0 Å². The fourth-order valence-electron chi connectivity index (χ4n) is 2.90. The van der Waals surface area contributed by atoms with Crippen LogP contribution < -0.4 is 0 Å². The van der Waals surface area contributed by atoms with Crippen molar-refractivity contribution in [1.82, 2.24) is 0 Å². The molecular weight excluding hydrogens is 344 g/mol. The van der Waals surface area contributed by atoms with Crippen molar-refractivity contribution in [2.75, 3.05) is 7.11 Å². The van der Waals surface area contributed by atoms with Gasteiger partial charge in [0.1, 0.15) is 0 Å². The van der Waals surface area contributed by atoms with E-state index in [-0.39, 0.29) is 29.3 Å². The Labute approximate surface area is 161 Å². The van der Waals surface area contributed by atoms with Crippen molar-refractivity contribution < 1.29 is 18.4 Å². The summed E-state index contributed by atoms with van der Waals surface area (Å²) in [6, 6.07) is 0. The lowest BCUT2D eigenvalue weighted by molar-refractivity contribution is -0.134. The Morgan fingerprint density at radius 3 is 2.00 bits per heavy atom. The molecule has 4 nitrogen and oxygen atoms in total. The summed E-state index contributed by atoms with van der Waals surface area (Å²) in [7, 11) is -1.18. The van der Waals surface area contributed by atoms with E-state index >= 15 is 0 Å². The van der Waals surface area contributed by atoms with Gasteiger partial charge in [0.25, 0.3) is 0 Å². The number of ether oxygens (including phenoxy) is 1. The highest BCUT2D eigenvalue weighted by Crippen LogP contribution is 2.38. The van der Waals surface area contributed by atoms with Gasteiger partial charge in [-0.2, -0.15) is 0 Å². The van der Waals surface area contributed by atoms with Crippen LogP contribution >= 0.6 is 0 Å². The van der Waals surface area contributed by atoms with E-state index in [0.29, 0.717) is 6.42 Å². The van der Waals surface area contributed by atoms with Crippen molar-refractivity contribution in [2.45, 2.75) is 83.6 Å². The maximum atomic E-state index is 11.3. The Morgan fingerprint density at radius 1 is 1.04 bits per heavy atom. The minimum atomic E-state index is -2.55. The molecule has 0 aliphatic carbocycles. The van der Waals surface area contributed by atoms with Gasteiger partial charge in [-0.1, -0.05) is 65.7 Å². The fraction of sp³-hybridized carbons (Fsp3) is 0.667. The van der Waals surface area contributed by atoms with E-state index in [4.69, 9.17) is 8.85 Å². The molecule has 0 spiro atoms. The Hall–Kier alpha value is -1.17. The zero-order valence-electron chi connectivity index (χ0n) is 17.5. The molecule has 26 heavy (non-hydrogen) atoms. The lowest BCUT2D eigenvalue weighted by Gasteiger charge is -2.41. The standard InChI is InChI=1S/C21H38O4Si/c1-9-12-14-19(10-2)24-26(17(4)5,18(6)7)25-20(11-3)15-13-16-21(22)23-8/h10-11,13,16-20H,2-3,9,12,14-15H2,1,4-8H3/b16-13-/t19-,20+/m1/s1. The van der Waals surface area contributed by atoms with Gasteiger partial charge in [0, 0.05) is 6.08 Å². The lowest BCUT2D eigenvalue weighted by Crippen LogP contribution is -2.52. The number of unbranched alkanes of at least 4 members (excludes halogenated alkanes) is 1. The summed E-state index contributed by atoms with van der Waals surface area (Å²) in [5.41, 5.74) is 0.553. The molecule has 0 unspecified atom stereocenters. The molecule has 5 heteroatoms. The van der Waals surface area contributed by atoms with Crippen LogP contribution in [0.25, 0.3) is 0 Å². The summed E-state index contributed by atoms with van der Waals surface area (Å²) in [4.78, 5) is 11.3. The highest BCUT2D eigenvalue weighted by Gasteiger charge is 2.47. The van der Waals surface area contributed by atoms with Crippen molar-refractivity contribution in [3.8, 4) is 0 Å². The Morgan fingerprint density at radius 2 is 1.58 bits per heavy atom. The van der Waals surface area contributed by atoms with Crippen molar-refractivity contribution >= 4 is 14.5 Å². The van der Waals surface area contributed by atoms with Gasteiger partial charge in [-0.25, -0.2) is 4.79 Å². The predicted molar refractivity (Wildman–Crippen MR) is 111 cm³/mol. The molecule has 0 aromatic carbocycles. The van der Waals surface area contributed by atoms with Crippen LogP contribution in [0.5, 0.6) is 0 Å². The molecule has 0 aromatic heterocycles. The smallest absolute Gasteiger partial charge is 0.344 e. The SMILES string of the molecule is C=C[C@H](CCCC)O[Si](O[C@@H](C=C)C/C=C\C(=O)OC)(C(C)C)C(C)C. The number of rotatable bonds is 14. The number of carbonyl (C=O) groups excluding carboxylic acids is 1. The van der Waals surface area contributed by atoms with Crippen LogP contribution in [-0.2, 0) is 18.4 Å². The highest BCUT2D eigenvalue weighted by atomic mass is 28.4. The predicted octanol–water partition coefficient (Wildman–Crippen LogP) is 5.70. The first-order valence-corrected chi connectivity index (χ1v) is 11.6. The van der Waals surface area contributed by atoms with E-state index in [1.54, 1.807) is 12.2 Å². The Kier molecular flexibility index (Phi) is 12.5. The molecule has 0 rings (SSSR count). The largest absolute Gasteiger partial charge is 0.466 e. The van der Waals surface area contributed by atoms with Gasteiger partial charge in [-0.3, -0.25) is 0 Å². The first-order chi connectivity index (χ1) is 12.3. The summed E-state index contributed by atoms with van der Waals surface area (Å²) in [6.45, 7) is 18.7. The molecule has 0 aliphatic rings. The normalized spacial score (nSPS) is 14.6. The van der Waals surface area contributed by atoms with Crippen LogP contribution in [0, 0.1) is 0 Å². The molecule has 0 aromatic rings. The number of methoxy groups -OCH3 is 1. The molecule has 0 radical (unpaired) electrons. The van der Waals surface area contributed by atoms with Crippen molar-refractivity contribution in [3.63, 3.8) is 0 Å². The summed E-state index contributed by atoms with van der Waals surface area (Å²) < 4.78 is 17.8. The van der Waals surface area contributed by atoms with Crippen LogP contribution in [0.15, 0.2) is 37.5 Å². The first-order valence-electron chi connectivity index (χ1n) is 9.62. The molecule has 0 bridgehead atoms. The summed E-state index contributed by atoms with van der Waals surface area (Å²) in [6.07, 6.45) is 10.4. The summed E-state index contributed by atoms with van der Waals surface area (Å²) in [5, 5.41) is 0. The van der Waals surface area contributed by atoms with Gasteiger partial charge < -0.3 is 13.6 Å². The monoisotopic (exact) mass is 382 g/mol. The number of carbonyl (C=O) groups is 1. The Bertz CT molecular complexity index is 449. The van der Waals surface area contributed by atoms with Gasteiger partial charge in [-0.05, 0) is 23.9 Å². The zero-order valence-corrected chi connectivity index (χ0v) is 18.5. The molecule has 0 heterocycles. The minimum absolute atomic E-state index is 0.00231. The second-order valence-electron chi connectivity index (χ2n) is 7.12. The van der Waals surface area contributed by atoms with Crippen molar-refractivity contribution in [2.24, 2.45) is 0 Å². The maximum Gasteiger partial charge on any atom is 0.344 e. The molecule has 0 saturated heterocycles. The Balaban J connectivity index is 5.37. The number of hydrogen-bond donors (Lipinski definition) is 0. The third-order valence-corrected chi connectivity index (χ3v) is 9.03. The van der Waals surface area contributed by atoms with Crippen LogP contribution in [0.1, 0.15) is 60.3 Å². The molecular formula is C21H38O4Si. The molecule has 0 N–H and O–H groups in total. The number of esters is 1. The minimum Gasteiger partial charge on any atom is -0.466 e. The van der Waals surface area contributed by atoms with Crippen LogP contribution in [-0.4, -0.2) is 33.8 Å². The van der Waals surface area contributed by atoms with Crippen LogP contribution in [0.2, 0.25) is 11.1 Å². The quantitative estimate of drug-likeness (QED) is 0.167. The topological polar surface area (TPSA) is 44.8 Å². The maximum absolute atomic E-state index is 11.3. The zero-order chi connectivity index (χ0) is 20.2. The fourth-order valence-corrected chi connectivity index (χ4v) is 6.73. The average Bonchev–Trinajstić information content (AvgIpc) is 2.62. The summed E-state index contributed by atoms with van der Waals surface area (Å²) in [5.74, 6) is -0.369. The molecule has 0 fully saturated rings. The lowest BCUT2D eigenvalue weighted by atomic mass is 10.2. The number of hydrogen-bond acceptors (Lipinski definition) is 4. The van der Waals surface area contributed by atoms with E-state index < -0.39 is 8.56 Å². The van der Waals surface area contributed by atoms with E-state index in [1.165, 1.54) is 13.2 Å². The first kappa shape index (κ1) is 24.8. The average molecular weight is 383 g/mol. The van der Waals surface area contributed by atoms with E-state index in [2.05, 4.69) is 52.5 Å². The third kappa shape index (κ3) is 8.02. The van der Waals surface area contributed by atoms with Gasteiger partial charge in [0.2, 0.25) is 0 Å². The highest BCUT2D eigenvalue weighted by molar-refractivity contribution is 6.70. The second-order valence-corrected chi connectivity index (χ2v) is 11.3. The van der Waals surface area contributed by atoms with Gasteiger partial charge >= 0.3 is 14.5 Å². The van der Waals surface area contributed by atoms with E-state index in [1.807, 2.05) is 6.08 Å². The van der Waals surface area contributed by atoms with Crippen molar-refractivity contribution in [1.29, 1.82) is 0 Å². The van der Waals surface area contributed by atoms with Crippen LogP contribution in [0.4, 0.5) is 0 Å². The molecule has 0 aliphatic heterocycles. The van der Waals surface area contributed by atoms with Gasteiger partial charge in [-0.15, -0.1) is 13.2 Å². The van der Waals surface area contributed by atoms with E-state index in [0.717, 1.165) is 19.3 Å². The van der Waals surface area contributed by atoms with Gasteiger partial charge in [0.05, 0.1) is 19.3 Å². The van der Waals surface area contributed by atoms with Crippen molar-refractivity contribution in [3.05, 3.63) is 37.5 Å². The molecule has 0 saturated carbocycles. The van der Waals surface area contributed by atoms with E-state index in [9.17, 15) is 4.79 Å². The van der Waals surface area contributed by atoms with Gasteiger partial charge in [0.15, 0.2) is 0 Å². The molecule has 0 amide bonds.